The number of pyridine rings is 1. The van der Waals surface area contributed by atoms with Crippen LogP contribution in [0.15, 0.2) is 16.9 Å². The van der Waals surface area contributed by atoms with Gasteiger partial charge in [0.05, 0.1) is 12.2 Å². The molecule has 6 heteroatoms. The van der Waals surface area contributed by atoms with Crippen LogP contribution in [0.25, 0.3) is 0 Å². The molecule has 1 aromatic heterocycles. The van der Waals surface area contributed by atoms with E-state index in [1.165, 1.54) is 0 Å². The van der Waals surface area contributed by atoms with Gasteiger partial charge in [-0.05, 0) is 69.2 Å². The van der Waals surface area contributed by atoms with E-state index in [0.29, 0.717) is 49.1 Å². The number of unbranched alkanes of at least 4 members (excludes halogenated alkanes) is 1. The molecule has 0 atom stereocenters. The van der Waals surface area contributed by atoms with Crippen LogP contribution in [0.4, 0.5) is 5.69 Å². The number of carbonyl (C=O) groups excluding carboxylic acids is 2. The molecule has 2 aromatic rings. The first-order valence-electron chi connectivity index (χ1n) is 12.1. The summed E-state index contributed by atoms with van der Waals surface area (Å²) in [6.07, 6.45) is 4.36. The Morgan fingerprint density at radius 3 is 2.09 bits per heavy atom. The molecular formula is C27H38N2O4. The molecule has 1 aromatic carbocycles. The third-order valence-corrected chi connectivity index (χ3v) is 6.30. The average molecular weight is 455 g/mol. The van der Waals surface area contributed by atoms with Crippen molar-refractivity contribution in [1.82, 2.24) is 4.57 Å². The number of hydrogen-bond donors (Lipinski definition) is 1. The lowest BCUT2D eigenvalue weighted by atomic mass is 9.97. The van der Waals surface area contributed by atoms with E-state index in [2.05, 4.69) is 12.2 Å². The predicted octanol–water partition coefficient (Wildman–Crippen LogP) is 5.15. The van der Waals surface area contributed by atoms with Crippen LogP contribution in [0.2, 0.25) is 0 Å². The van der Waals surface area contributed by atoms with E-state index in [1.807, 2.05) is 39.3 Å². The minimum absolute atomic E-state index is 0.184. The average Bonchev–Trinajstić information content (AvgIpc) is 2.80. The molecule has 0 aliphatic rings. The van der Waals surface area contributed by atoms with Crippen LogP contribution < -0.4 is 10.7 Å². The second-order valence-electron chi connectivity index (χ2n) is 8.28. The molecule has 0 saturated heterocycles. The van der Waals surface area contributed by atoms with Crippen LogP contribution in [-0.4, -0.2) is 23.1 Å². The minimum Gasteiger partial charge on any atom is -0.462 e. The lowest BCUT2D eigenvalue weighted by molar-refractivity contribution is 0.0526. The van der Waals surface area contributed by atoms with E-state index in [9.17, 15) is 14.4 Å². The highest BCUT2D eigenvalue weighted by molar-refractivity contribution is 6.06. The van der Waals surface area contributed by atoms with Crippen molar-refractivity contribution in [3.05, 3.63) is 61.6 Å². The highest BCUT2D eigenvalue weighted by Crippen LogP contribution is 2.27. The first-order chi connectivity index (χ1) is 15.7. The van der Waals surface area contributed by atoms with E-state index in [0.717, 1.165) is 35.4 Å². The van der Waals surface area contributed by atoms with Gasteiger partial charge in [0, 0.05) is 29.7 Å². The van der Waals surface area contributed by atoms with Crippen molar-refractivity contribution in [2.45, 2.75) is 80.1 Å². The summed E-state index contributed by atoms with van der Waals surface area (Å²) >= 11 is 0. The van der Waals surface area contributed by atoms with Crippen molar-refractivity contribution >= 4 is 17.6 Å². The number of carbonyl (C=O) groups is 2. The van der Waals surface area contributed by atoms with Crippen molar-refractivity contribution in [2.75, 3.05) is 11.9 Å². The Labute approximate surface area is 197 Å². The summed E-state index contributed by atoms with van der Waals surface area (Å²) in [4.78, 5) is 39.3. The largest absolute Gasteiger partial charge is 0.462 e. The number of esters is 1. The second-order valence-corrected chi connectivity index (χ2v) is 8.28. The minimum atomic E-state index is -0.385. The normalized spacial score (nSPS) is 10.9. The summed E-state index contributed by atoms with van der Waals surface area (Å²) in [5.74, 6) is -0.758. The highest BCUT2D eigenvalue weighted by Gasteiger charge is 2.24. The Bertz CT molecular complexity index is 1060. The van der Waals surface area contributed by atoms with Crippen molar-refractivity contribution in [1.29, 1.82) is 0 Å². The Kier molecular flexibility index (Phi) is 9.44. The molecule has 1 amide bonds. The summed E-state index contributed by atoms with van der Waals surface area (Å²) in [5, 5.41) is 3.05. The zero-order valence-corrected chi connectivity index (χ0v) is 21.2. The molecule has 6 nitrogen and oxygen atoms in total. The maximum Gasteiger partial charge on any atom is 0.338 e. The van der Waals surface area contributed by atoms with Gasteiger partial charge in [-0.15, -0.1) is 0 Å². The molecule has 0 radical (unpaired) electrons. The summed E-state index contributed by atoms with van der Waals surface area (Å²) < 4.78 is 7.16. The van der Waals surface area contributed by atoms with Gasteiger partial charge in [0.25, 0.3) is 5.91 Å². The SMILES string of the molecule is CCCCc1c(C(=O)Nc2c(CC)cc(C(=O)OCC)cc2CC)c(=O)c(CC)c(C)n1C. The van der Waals surface area contributed by atoms with E-state index in [-0.39, 0.29) is 22.9 Å². The molecule has 33 heavy (non-hydrogen) atoms. The maximum atomic E-state index is 13.6. The third kappa shape index (κ3) is 5.55. The fourth-order valence-electron chi connectivity index (χ4n) is 4.30. The van der Waals surface area contributed by atoms with Crippen LogP contribution in [0.3, 0.4) is 0 Å². The van der Waals surface area contributed by atoms with Gasteiger partial charge in [-0.2, -0.15) is 0 Å². The molecule has 0 unspecified atom stereocenters. The van der Waals surface area contributed by atoms with Crippen molar-refractivity contribution < 1.29 is 14.3 Å². The van der Waals surface area contributed by atoms with Gasteiger partial charge >= 0.3 is 5.97 Å². The number of rotatable bonds is 10. The number of aryl methyl sites for hydroxylation is 2. The fourth-order valence-corrected chi connectivity index (χ4v) is 4.30. The van der Waals surface area contributed by atoms with E-state index >= 15 is 0 Å². The molecule has 0 saturated carbocycles. The molecular weight excluding hydrogens is 416 g/mol. The Hall–Kier alpha value is -2.89. The van der Waals surface area contributed by atoms with Gasteiger partial charge in [0.15, 0.2) is 5.43 Å². The smallest absolute Gasteiger partial charge is 0.338 e. The topological polar surface area (TPSA) is 77.4 Å². The van der Waals surface area contributed by atoms with Gasteiger partial charge in [-0.25, -0.2) is 4.79 Å². The number of nitrogens with one attached hydrogen (secondary N) is 1. The number of anilines is 1. The van der Waals surface area contributed by atoms with Gasteiger partial charge in [0.1, 0.15) is 5.56 Å². The van der Waals surface area contributed by atoms with Crippen molar-refractivity contribution in [3.8, 4) is 0 Å². The zero-order chi connectivity index (χ0) is 24.7. The molecule has 2 rings (SSSR count). The molecule has 0 bridgehead atoms. The number of hydrogen-bond acceptors (Lipinski definition) is 4. The molecule has 0 aliphatic carbocycles. The molecule has 1 heterocycles. The highest BCUT2D eigenvalue weighted by atomic mass is 16.5. The summed E-state index contributed by atoms with van der Waals surface area (Å²) in [5.41, 5.74) is 5.25. The van der Waals surface area contributed by atoms with E-state index < -0.39 is 0 Å². The lowest BCUT2D eigenvalue weighted by Gasteiger charge is -2.21. The molecule has 180 valence electrons. The standard InChI is InChI=1S/C27H38N2O4/c1-8-13-14-22-23(25(30)21(11-4)17(6)29(22)7)26(31)28-24-18(9-2)15-20(16-19(24)10-3)27(32)33-12-5/h15-16H,8-14H2,1-7H3,(H,28,31). The summed E-state index contributed by atoms with van der Waals surface area (Å²) in [6, 6.07) is 3.55. The van der Waals surface area contributed by atoms with Crippen LogP contribution in [-0.2, 0) is 37.5 Å². The van der Waals surface area contributed by atoms with Gasteiger partial charge < -0.3 is 14.6 Å². The summed E-state index contributed by atoms with van der Waals surface area (Å²) in [7, 11) is 1.93. The quantitative estimate of drug-likeness (QED) is 0.504. The number of benzene rings is 1. The first kappa shape index (κ1) is 26.4. The maximum absolute atomic E-state index is 13.6. The molecule has 0 fully saturated rings. The predicted molar refractivity (Wildman–Crippen MR) is 134 cm³/mol. The number of ether oxygens (including phenoxy) is 1. The van der Waals surface area contributed by atoms with Crippen LogP contribution in [0.1, 0.15) is 96.3 Å². The van der Waals surface area contributed by atoms with Crippen LogP contribution in [0, 0.1) is 6.92 Å². The molecule has 0 spiro atoms. The van der Waals surface area contributed by atoms with Crippen molar-refractivity contribution in [3.63, 3.8) is 0 Å². The second kappa shape index (κ2) is 11.8. The van der Waals surface area contributed by atoms with Gasteiger partial charge in [-0.3, -0.25) is 9.59 Å². The van der Waals surface area contributed by atoms with Crippen LogP contribution in [0.5, 0.6) is 0 Å². The van der Waals surface area contributed by atoms with E-state index in [4.69, 9.17) is 4.74 Å². The first-order valence-corrected chi connectivity index (χ1v) is 12.1. The van der Waals surface area contributed by atoms with Crippen LogP contribution >= 0.6 is 0 Å². The number of aromatic nitrogens is 1. The summed E-state index contributed by atoms with van der Waals surface area (Å²) in [6.45, 7) is 12.0. The Morgan fingerprint density at radius 2 is 1.61 bits per heavy atom. The fraction of sp³-hybridized carbons (Fsp3) is 0.519. The molecule has 1 N–H and O–H groups in total. The van der Waals surface area contributed by atoms with Gasteiger partial charge in [-0.1, -0.05) is 34.1 Å². The lowest BCUT2D eigenvalue weighted by Crippen LogP contribution is -2.31. The monoisotopic (exact) mass is 454 g/mol. The zero-order valence-electron chi connectivity index (χ0n) is 21.2. The Morgan fingerprint density at radius 1 is 1.00 bits per heavy atom. The third-order valence-electron chi connectivity index (χ3n) is 6.30. The Balaban J connectivity index is 2.63. The van der Waals surface area contributed by atoms with Crippen molar-refractivity contribution in [2.24, 2.45) is 7.05 Å². The number of amides is 1. The van der Waals surface area contributed by atoms with Gasteiger partial charge in [0.2, 0.25) is 0 Å². The molecule has 0 aliphatic heterocycles. The van der Waals surface area contributed by atoms with E-state index in [1.54, 1.807) is 19.1 Å². The number of nitrogens with zero attached hydrogens (tertiary/aromatic N) is 1.